The van der Waals surface area contributed by atoms with E-state index in [-0.39, 0.29) is 23.7 Å². The normalized spacial score (nSPS) is 18.0. The maximum atomic E-state index is 13.0. The molecular weight excluding hydrogens is 321 g/mol. The molecule has 0 aromatic heterocycles. The molecule has 1 aliphatic heterocycles. The molecule has 2 rings (SSSR count). The minimum absolute atomic E-state index is 0.0272. The lowest BCUT2D eigenvalue weighted by molar-refractivity contribution is -0.128. The van der Waals surface area contributed by atoms with Crippen LogP contribution in [0.4, 0.5) is 14.9 Å². The smallest absolute Gasteiger partial charge is 0.324 e. The predicted molar refractivity (Wildman–Crippen MR) is 97.0 cm³/mol. The number of benzene rings is 1. The van der Waals surface area contributed by atoms with Gasteiger partial charge in [0.05, 0.1) is 0 Å². The van der Waals surface area contributed by atoms with Crippen molar-refractivity contribution in [3.63, 3.8) is 0 Å². The maximum absolute atomic E-state index is 13.0. The van der Waals surface area contributed by atoms with Gasteiger partial charge in [-0.2, -0.15) is 0 Å². The van der Waals surface area contributed by atoms with Crippen molar-refractivity contribution in [3.05, 3.63) is 30.1 Å². The molecule has 0 radical (unpaired) electrons. The van der Waals surface area contributed by atoms with Gasteiger partial charge >= 0.3 is 6.03 Å². The van der Waals surface area contributed by atoms with E-state index < -0.39 is 5.41 Å². The molecule has 6 heteroatoms. The second kappa shape index (κ2) is 7.85. The molecular formula is C19H28FN3O2. The summed E-state index contributed by atoms with van der Waals surface area (Å²) in [5, 5.41) is 2.99. The number of rotatable bonds is 3. The summed E-state index contributed by atoms with van der Waals surface area (Å²) >= 11 is 0. The third-order valence-corrected chi connectivity index (χ3v) is 4.52. The van der Waals surface area contributed by atoms with Crippen molar-refractivity contribution in [3.8, 4) is 0 Å². The van der Waals surface area contributed by atoms with E-state index in [1.54, 1.807) is 24.1 Å². The fourth-order valence-corrected chi connectivity index (χ4v) is 2.89. The Labute approximate surface area is 149 Å². The van der Waals surface area contributed by atoms with Gasteiger partial charge in [0.2, 0.25) is 5.91 Å². The number of hydrogen-bond donors (Lipinski definition) is 1. The van der Waals surface area contributed by atoms with Gasteiger partial charge in [0, 0.05) is 37.8 Å². The fraction of sp³-hybridized carbons (Fsp3) is 0.579. The Bertz CT molecular complexity index is 610. The van der Waals surface area contributed by atoms with Crippen LogP contribution in [-0.4, -0.2) is 43.5 Å². The molecule has 3 amide bonds. The Morgan fingerprint density at radius 1 is 1.28 bits per heavy atom. The Kier molecular flexibility index (Phi) is 6.03. The lowest BCUT2D eigenvalue weighted by Crippen LogP contribution is -2.49. The zero-order valence-corrected chi connectivity index (χ0v) is 15.5. The molecule has 1 fully saturated rings. The average molecular weight is 349 g/mol. The number of piperidine rings is 1. The van der Waals surface area contributed by atoms with Crippen molar-refractivity contribution in [2.45, 2.75) is 33.6 Å². The first-order chi connectivity index (χ1) is 11.7. The molecule has 1 aromatic carbocycles. The van der Waals surface area contributed by atoms with Crippen molar-refractivity contribution in [1.29, 1.82) is 0 Å². The van der Waals surface area contributed by atoms with E-state index in [9.17, 15) is 14.0 Å². The van der Waals surface area contributed by atoms with Crippen LogP contribution in [0.5, 0.6) is 0 Å². The number of carbonyl (C=O) groups excluding carboxylic acids is 2. The molecule has 0 saturated carbocycles. The summed E-state index contributed by atoms with van der Waals surface area (Å²) < 4.78 is 13.0. The molecule has 1 aromatic rings. The van der Waals surface area contributed by atoms with Crippen molar-refractivity contribution in [2.24, 2.45) is 11.3 Å². The SMILES string of the molecule is CN(C(=O)N1CCC[C@H](CNC(=O)C(C)(C)C)C1)c1ccc(F)cc1. The van der Waals surface area contributed by atoms with Crippen LogP contribution in [0, 0.1) is 17.2 Å². The van der Waals surface area contributed by atoms with Gasteiger partial charge in [0.15, 0.2) is 0 Å². The Hall–Kier alpha value is -2.11. The van der Waals surface area contributed by atoms with E-state index in [2.05, 4.69) is 5.32 Å². The summed E-state index contributed by atoms with van der Waals surface area (Å²) in [6.45, 7) is 7.56. The van der Waals surface area contributed by atoms with Crippen LogP contribution in [0.25, 0.3) is 0 Å². The first-order valence-electron chi connectivity index (χ1n) is 8.75. The van der Waals surface area contributed by atoms with E-state index in [1.165, 1.54) is 17.0 Å². The van der Waals surface area contributed by atoms with Crippen LogP contribution in [0.1, 0.15) is 33.6 Å². The first-order valence-corrected chi connectivity index (χ1v) is 8.75. The van der Waals surface area contributed by atoms with Crippen molar-refractivity contribution >= 4 is 17.6 Å². The molecule has 0 unspecified atom stereocenters. The van der Waals surface area contributed by atoms with Crippen LogP contribution < -0.4 is 10.2 Å². The van der Waals surface area contributed by atoms with E-state index in [4.69, 9.17) is 0 Å². The summed E-state index contributed by atoms with van der Waals surface area (Å²) in [6.07, 6.45) is 1.91. The molecule has 1 N–H and O–H groups in total. The number of carbonyl (C=O) groups is 2. The molecule has 0 bridgehead atoms. The number of halogens is 1. The molecule has 25 heavy (non-hydrogen) atoms. The lowest BCUT2D eigenvalue weighted by Gasteiger charge is -2.35. The van der Waals surface area contributed by atoms with Crippen LogP contribution in [0.2, 0.25) is 0 Å². The molecule has 0 aliphatic carbocycles. The van der Waals surface area contributed by atoms with Gasteiger partial charge in [0.1, 0.15) is 5.82 Å². The van der Waals surface area contributed by atoms with Crippen molar-refractivity contribution in [2.75, 3.05) is 31.6 Å². The van der Waals surface area contributed by atoms with Crippen molar-refractivity contribution in [1.82, 2.24) is 10.2 Å². The Balaban J connectivity index is 1.92. The fourth-order valence-electron chi connectivity index (χ4n) is 2.89. The number of amides is 3. The van der Waals surface area contributed by atoms with Gasteiger partial charge in [-0.3, -0.25) is 9.69 Å². The lowest BCUT2D eigenvalue weighted by atomic mass is 9.94. The van der Waals surface area contributed by atoms with E-state index in [0.717, 1.165) is 12.8 Å². The number of likely N-dealkylation sites (tertiary alicyclic amines) is 1. The molecule has 138 valence electrons. The molecule has 1 atom stereocenters. The molecule has 1 aliphatic rings. The summed E-state index contributed by atoms with van der Waals surface area (Å²) in [4.78, 5) is 28.1. The highest BCUT2D eigenvalue weighted by atomic mass is 19.1. The average Bonchev–Trinajstić information content (AvgIpc) is 2.58. The van der Waals surface area contributed by atoms with Gasteiger partial charge in [-0.25, -0.2) is 9.18 Å². The van der Waals surface area contributed by atoms with E-state index >= 15 is 0 Å². The number of hydrogen-bond acceptors (Lipinski definition) is 2. The maximum Gasteiger partial charge on any atom is 0.324 e. The summed E-state index contributed by atoms with van der Waals surface area (Å²) in [6, 6.07) is 5.79. The monoisotopic (exact) mass is 349 g/mol. The Morgan fingerprint density at radius 3 is 2.52 bits per heavy atom. The van der Waals surface area contributed by atoms with E-state index in [0.29, 0.717) is 25.3 Å². The number of anilines is 1. The second-order valence-electron chi connectivity index (χ2n) is 7.73. The summed E-state index contributed by atoms with van der Waals surface area (Å²) in [7, 11) is 1.70. The van der Waals surface area contributed by atoms with Gasteiger partial charge in [0.25, 0.3) is 0 Å². The summed E-state index contributed by atoms with van der Waals surface area (Å²) in [5.74, 6) is -0.0396. The molecule has 1 heterocycles. The zero-order valence-electron chi connectivity index (χ0n) is 15.5. The van der Waals surface area contributed by atoms with Gasteiger partial charge in [-0.1, -0.05) is 20.8 Å². The highest BCUT2D eigenvalue weighted by Crippen LogP contribution is 2.21. The van der Waals surface area contributed by atoms with Crippen molar-refractivity contribution < 1.29 is 14.0 Å². The van der Waals surface area contributed by atoms with Crippen LogP contribution in [0.15, 0.2) is 24.3 Å². The van der Waals surface area contributed by atoms with Crippen LogP contribution >= 0.6 is 0 Å². The third-order valence-electron chi connectivity index (χ3n) is 4.52. The molecule has 1 saturated heterocycles. The number of nitrogens with zero attached hydrogens (tertiary/aromatic N) is 2. The highest BCUT2D eigenvalue weighted by molar-refractivity contribution is 5.91. The standard InChI is InChI=1S/C19H28FN3O2/c1-19(2,3)17(24)21-12-14-6-5-11-23(13-14)18(25)22(4)16-9-7-15(20)8-10-16/h7-10,14H,5-6,11-13H2,1-4H3,(H,21,24)/t14-/m1/s1. The van der Waals surface area contributed by atoms with Crippen LogP contribution in [-0.2, 0) is 4.79 Å². The summed E-state index contributed by atoms with van der Waals surface area (Å²) in [5.41, 5.74) is 0.252. The number of nitrogens with one attached hydrogen (secondary N) is 1. The molecule has 0 spiro atoms. The second-order valence-corrected chi connectivity index (χ2v) is 7.73. The predicted octanol–water partition coefficient (Wildman–Crippen LogP) is 3.26. The third kappa shape index (κ3) is 5.18. The zero-order chi connectivity index (χ0) is 18.6. The van der Waals surface area contributed by atoms with Crippen LogP contribution in [0.3, 0.4) is 0 Å². The van der Waals surface area contributed by atoms with Gasteiger partial charge < -0.3 is 10.2 Å². The highest BCUT2D eigenvalue weighted by Gasteiger charge is 2.28. The van der Waals surface area contributed by atoms with Gasteiger partial charge in [-0.05, 0) is 43.0 Å². The van der Waals surface area contributed by atoms with E-state index in [1.807, 2.05) is 20.8 Å². The Morgan fingerprint density at radius 2 is 1.92 bits per heavy atom. The minimum Gasteiger partial charge on any atom is -0.355 e. The quantitative estimate of drug-likeness (QED) is 0.911. The first kappa shape index (κ1) is 19.2. The molecule has 5 nitrogen and oxygen atoms in total. The number of urea groups is 1. The van der Waals surface area contributed by atoms with Gasteiger partial charge in [-0.15, -0.1) is 0 Å². The largest absolute Gasteiger partial charge is 0.355 e. The minimum atomic E-state index is -0.410. The topological polar surface area (TPSA) is 52.7 Å².